The second-order valence-electron chi connectivity index (χ2n) is 2.93. The Kier molecular flexibility index (Phi) is 4.96. The van der Waals surface area contributed by atoms with Crippen LogP contribution in [0.25, 0.3) is 0 Å². The SMILES string of the molecule is COc1ncccc1CNCCCO. The van der Waals surface area contributed by atoms with Crippen LogP contribution in [0.15, 0.2) is 18.3 Å². The largest absolute Gasteiger partial charge is 0.481 e. The van der Waals surface area contributed by atoms with Gasteiger partial charge in [-0.15, -0.1) is 0 Å². The Labute approximate surface area is 83.9 Å². The van der Waals surface area contributed by atoms with Crippen LogP contribution in [0.3, 0.4) is 0 Å². The van der Waals surface area contributed by atoms with E-state index < -0.39 is 0 Å². The monoisotopic (exact) mass is 196 g/mol. The second kappa shape index (κ2) is 6.34. The molecule has 1 aromatic rings. The van der Waals surface area contributed by atoms with Crippen molar-refractivity contribution in [2.75, 3.05) is 20.3 Å². The molecule has 0 fully saturated rings. The van der Waals surface area contributed by atoms with E-state index in [4.69, 9.17) is 9.84 Å². The summed E-state index contributed by atoms with van der Waals surface area (Å²) < 4.78 is 5.10. The van der Waals surface area contributed by atoms with Gasteiger partial charge in [0.25, 0.3) is 0 Å². The van der Waals surface area contributed by atoms with Crippen molar-refractivity contribution < 1.29 is 9.84 Å². The Morgan fingerprint density at radius 3 is 3.14 bits per heavy atom. The molecule has 1 aromatic heterocycles. The number of aromatic nitrogens is 1. The van der Waals surface area contributed by atoms with Gasteiger partial charge in [-0.3, -0.25) is 0 Å². The lowest BCUT2D eigenvalue weighted by Gasteiger charge is -2.07. The van der Waals surface area contributed by atoms with Gasteiger partial charge in [0.2, 0.25) is 5.88 Å². The summed E-state index contributed by atoms with van der Waals surface area (Å²) in [7, 11) is 1.61. The molecule has 78 valence electrons. The number of nitrogens with zero attached hydrogens (tertiary/aromatic N) is 1. The molecule has 0 amide bonds. The Bertz CT molecular complexity index is 266. The van der Waals surface area contributed by atoms with Gasteiger partial charge < -0.3 is 15.2 Å². The summed E-state index contributed by atoms with van der Waals surface area (Å²) in [5.41, 5.74) is 1.04. The maximum absolute atomic E-state index is 8.59. The molecule has 0 aliphatic rings. The minimum absolute atomic E-state index is 0.219. The summed E-state index contributed by atoms with van der Waals surface area (Å²) in [5, 5.41) is 11.8. The van der Waals surface area contributed by atoms with E-state index in [0.717, 1.165) is 25.1 Å². The van der Waals surface area contributed by atoms with Crippen molar-refractivity contribution in [2.24, 2.45) is 0 Å². The van der Waals surface area contributed by atoms with Gasteiger partial charge in [-0.1, -0.05) is 6.07 Å². The van der Waals surface area contributed by atoms with Gasteiger partial charge in [0.15, 0.2) is 0 Å². The standard InChI is InChI=1S/C10H16N2O2/c1-14-10-9(4-2-6-12-10)8-11-5-3-7-13/h2,4,6,11,13H,3,5,7-8H2,1H3. The zero-order chi connectivity index (χ0) is 10.2. The molecule has 0 bridgehead atoms. The predicted octanol–water partition coefficient (Wildman–Crippen LogP) is 0.562. The van der Waals surface area contributed by atoms with Gasteiger partial charge in [0.1, 0.15) is 0 Å². The number of ether oxygens (including phenoxy) is 1. The van der Waals surface area contributed by atoms with Crippen molar-refractivity contribution in [3.63, 3.8) is 0 Å². The van der Waals surface area contributed by atoms with Crippen molar-refractivity contribution in [1.82, 2.24) is 10.3 Å². The molecule has 0 aliphatic heterocycles. The molecular weight excluding hydrogens is 180 g/mol. The molecule has 1 heterocycles. The Balaban J connectivity index is 2.41. The van der Waals surface area contributed by atoms with E-state index in [1.54, 1.807) is 13.3 Å². The van der Waals surface area contributed by atoms with Crippen molar-refractivity contribution in [3.05, 3.63) is 23.9 Å². The van der Waals surface area contributed by atoms with E-state index in [1.165, 1.54) is 0 Å². The molecule has 0 aromatic carbocycles. The molecule has 4 heteroatoms. The first-order valence-electron chi connectivity index (χ1n) is 4.68. The highest BCUT2D eigenvalue weighted by Gasteiger charge is 2.01. The number of rotatable bonds is 6. The van der Waals surface area contributed by atoms with Crippen molar-refractivity contribution in [1.29, 1.82) is 0 Å². The van der Waals surface area contributed by atoms with E-state index in [0.29, 0.717) is 5.88 Å². The molecule has 0 radical (unpaired) electrons. The highest BCUT2D eigenvalue weighted by atomic mass is 16.5. The minimum atomic E-state index is 0.219. The number of aliphatic hydroxyl groups excluding tert-OH is 1. The highest BCUT2D eigenvalue weighted by Crippen LogP contribution is 2.12. The first-order chi connectivity index (χ1) is 6.88. The molecular formula is C10H16N2O2. The molecule has 0 saturated carbocycles. The van der Waals surface area contributed by atoms with Gasteiger partial charge in [0.05, 0.1) is 7.11 Å². The fourth-order valence-electron chi connectivity index (χ4n) is 1.17. The average Bonchev–Trinajstić information content (AvgIpc) is 2.25. The van der Waals surface area contributed by atoms with Gasteiger partial charge in [-0.25, -0.2) is 4.98 Å². The maximum atomic E-state index is 8.59. The Morgan fingerprint density at radius 1 is 1.57 bits per heavy atom. The first-order valence-corrected chi connectivity index (χ1v) is 4.68. The predicted molar refractivity (Wildman–Crippen MR) is 54.2 cm³/mol. The topological polar surface area (TPSA) is 54.4 Å². The third-order valence-corrected chi connectivity index (χ3v) is 1.87. The lowest BCUT2D eigenvalue weighted by molar-refractivity contribution is 0.286. The van der Waals surface area contributed by atoms with E-state index >= 15 is 0 Å². The number of hydrogen-bond donors (Lipinski definition) is 2. The van der Waals surface area contributed by atoms with Crippen LogP contribution in [-0.4, -0.2) is 30.4 Å². The Morgan fingerprint density at radius 2 is 2.43 bits per heavy atom. The van der Waals surface area contributed by atoms with Crippen LogP contribution >= 0.6 is 0 Å². The van der Waals surface area contributed by atoms with Crippen LogP contribution < -0.4 is 10.1 Å². The molecule has 2 N–H and O–H groups in total. The number of pyridine rings is 1. The fourth-order valence-corrected chi connectivity index (χ4v) is 1.17. The summed E-state index contributed by atoms with van der Waals surface area (Å²) in [6.07, 6.45) is 2.47. The van der Waals surface area contributed by atoms with Crippen LogP contribution in [-0.2, 0) is 6.54 Å². The smallest absolute Gasteiger partial charge is 0.217 e. The zero-order valence-corrected chi connectivity index (χ0v) is 8.36. The van der Waals surface area contributed by atoms with Crippen LogP contribution in [0, 0.1) is 0 Å². The lowest BCUT2D eigenvalue weighted by Crippen LogP contribution is -2.16. The van der Waals surface area contributed by atoms with E-state index in [9.17, 15) is 0 Å². The summed E-state index contributed by atoms with van der Waals surface area (Å²) in [6.45, 7) is 1.74. The average molecular weight is 196 g/mol. The molecule has 1 rings (SSSR count). The number of nitrogens with one attached hydrogen (secondary N) is 1. The van der Waals surface area contributed by atoms with E-state index in [2.05, 4.69) is 10.3 Å². The quantitative estimate of drug-likeness (QED) is 0.653. The molecule has 4 nitrogen and oxygen atoms in total. The van der Waals surface area contributed by atoms with E-state index in [-0.39, 0.29) is 6.61 Å². The number of hydrogen-bond acceptors (Lipinski definition) is 4. The van der Waals surface area contributed by atoms with Gasteiger partial charge in [-0.2, -0.15) is 0 Å². The summed E-state index contributed by atoms with van der Waals surface area (Å²) >= 11 is 0. The first kappa shape index (κ1) is 10.9. The van der Waals surface area contributed by atoms with Crippen LogP contribution in [0.4, 0.5) is 0 Å². The van der Waals surface area contributed by atoms with Crippen molar-refractivity contribution in [3.8, 4) is 5.88 Å². The molecule has 0 aliphatic carbocycles. The summed E-state index contributed by atoms with van der Waals surface area (Å²) in [4.78, 5) is 4.08. The van der Waals surface area contributed by atoms with Crippen LogP contribution in [0.2, 0.25) is 0 Å². The van der Waals surface area contributed by atoms with Crippen molar-refractivity contribution >= 4 is 0 Å². The lowest BCUT2D eigenvalue weighted by atomic mass is 10.2. The fraction of sp³-hybridized carbons (Fsp3) is 0.500. The van der Waals surface area contributed by atoms with Crippen LogP contribution in [0.1, 0.15) is 12.0 Å². The molecule has 14 heavy (non-hydrogen) atoms. The third kappa shape index (κ3) is 3.32. The molecule has 0 unspecified atom stereocenters. The van der Waals surface area contributed by atoms with Gasteiger partial charge in [0, 0.05) is 24.9 Å². The van der Waals surface area contributed by atoms with Gasteiger partial charge in [-0.05, 0) is 19.0 Å². The summed E-state index contributed by atoms with van der Waals surface area (Å²) in [6, 6.07) is 3.85. The second-order valence-corrected chi connectivity index (χ2v) is 2.93. The summed E-state index contributed by atoms with van der Waals surface area (Å²) in [5.74, 6) is 0.656. The Hall–Kier alpha value is -1.13. The third-order valence-electron chi connectivity index (χ3n) is 1.87. The number of aliphatic hydroxyl groups is 1. The molecule has 0 atom stereocenters. The van der Waals surface area contributed by atoms with Gasteiger partial charge >= 0.3 is 0 Å². The zero-order valence-electron chi connectivity index (χ0n) is 8.36. The minimum Gasteiger partial charge on any atom is -0.481 e. The van der Waals surface area contributed by atoms with Crippen molar-refractivity contribution in [2.45, 2.75) is 13.0 Å². The normalized spacial score (nSPS) is 10.1. The molecule has 0 saturated heterocycles. The maximum Gasteiger partial charge on any atom is 0.217 e. The highest BCUT2D eigenvalue weighted by molar-refractivity contribution is 5.24. The molecule has 0 spiro atoms. The van der Waals surface area contributed by atoms with E-state index in [1.807, 2.05) is 12.1 Å². The number of methoxy groups -OCH3 is 1. The van der Waals surface area contributed by atoms with Crippen LogP contribution in [0.5, 0.6) is 5.88 Å².